The molecule has 1 aromatic carbocycles. The van der Waals surface area contributed by atoms with Crippen LogP contribution in [0.2, 0.25) is 0 Å². The van der Waals surface area contributed by atoms with E-state index in [0.29, 0.717) is 20.7 Å². The number of methoxy groups -OCH3 is 1. The predicted octanol–water partition coefficient (Wildman–Crippen LogP) is 4.16. The largest absolute Gasteiger partial charge is 0.494 e. The fraction of sp³-hybridized carbons (Fsp3) is 0.474. The maximum absolute atomic E-state index is 14.2. The molecule has 0 spiro atoms. The summed E-state index contributed by atoms with van der Waals surface area (Å²) in [6.07, 6.45) is 3.97. The first kappa shape index (κ1) is 19.6. The third-order valence-electron chi connectivity index (χ3n) is 5.14. The summed E-state index contributed by atoms with van der Waals surface area (Å²) in [6, 6.07) is 2.94. The number of ether oxygens (including phenoxy) is 2. The molecule has 1 saturated carbocycles. The Morgan fingerprint density at radius 1 is 1.41 bits per heavy atom. The zero-order valence-electron chi connectivity index (χ0n) is 16.4. The molecule has 10 heteroatoms. The Labute approximate surface area is 170 Å². The van der Waals surface area contributed by atoms with E-state index in [2.05, 4.69) is 39.8 Å². The Bertz CT molecular complexity index is 1030. The topological polar surface area (TPSA) is 102 Å². The number of fused-ring (bicyclic) bond motifs is 1. The van der Waals surface area contributed by atoms with Gasteiger partial charge in [-0.15, -0.1) is 16.4 Å². The van der Waals surface area contributed by atoms with Gasteiger partial charge in [0.1, 0.15) is 4.88 Å². The number of anilines is 1. The molecule has 2 aromatic heterocycles. The Balaban J connectivity index is 1.74. The number of halogens is 1. The van der Waals surface area contributed by atoms with E-state index in [0.717, 1.165) is 37.0 Å². The quantitative estimate of drug-likeness (QED) is 0.644. The highest BCUT2D eigenvalue weighted by atomic mass is 32.1. The molecule has 2 heterocycles. The van der Waals surface area contributed by atoms with Crippen LogP contribution in [0.15, 0.2) is 12.1 Å². The van der Waals surface area contributed by atoms with Gasteiger partial charge in [0, 0.05) is 10.1 Å². The molecule has 3 aromatic rings. The molecule has 1 fully saturated rings. The van der Waals surface area contributed by atoms with Gasteiger partial charge in [-0.2, -0.15) is 5.21 Å². The van der Waals surface area contributed by atoms with Gasteiger partial charge in [-0.25, -0.2) is 4.39 Å². The van der Waals surface area contributed by atoms with Crippen molar-refractivity contribution in [3.05, 3.63) is 22.8 Å². The summed E-state index contributed by atoms with van der Waals surface area (Å²) < 4.78 is 26.3. The standard InChI is InChI=1S/C19H22FN5O3S/c1-19(2)6-4-5-10(9-19)28-15-11-7-13(27-3)12(20)8-14(11)29-16(15)17(26)21-18-22-24-25-23-18/h7-8,10H,4-6,9H2,1-3H3,(H2,21,22,23,24,25,26). The second kappa shape index (κ2) is 7.58. The number of carbonyl (C=O) groups is 1. The molecule has 154 valence electrons. The Morgan fingerprint density at radius 2 is 2.24 bits per heavy atom. The monoisotopic (exact) mass is 419 g/mol. The van der Waals surface area contributed by atoms with E-state index in [-0.39, 0.29) is 23.2 Å². The minimum absolute atomic E-state index is 0.0238. The summed E-state index contributed by atoms with van der Waals surface area (Å²) in [4.78, 5) is 13.2. The lowest BCUT2D eigenvalue weighted by Gasteiger charge is -2.35. The molecule has 0 saturated heterocycles. The summed E-state index contributed by atoms with van der Waals surface area (Å²) in [6.45, 7) is 4.44. The lowest BCUT2D eigenvalue weighted by Crippen LogP contribution is -2.30. The van der Waals surface area contributed by atoms with Crippen molar-refractivity contribution in [2.24, 2.45) is 5.41 Å². The number of aromatic amines is 1. The molecule has 1 atom stereocenters. The van der Waals surface area contributed by atoms with E-state index in [1.54, 1.807) is 6.07 Å². The lowest BCUT2D eigenvalue weighted by molar-refractivity contribution is 0.0846. The van der Waals surface area contributed by atoms with Crippen LogP contribution in [0.1, 0.15) is 49.2 Å². The van der Waals surface area contributed by atoms with Gasteiger partial charge in [0.15, 0.2) is 17.3 Å². The molecule has 4 rings (SSSR count). The molecule has 1 amide bonds. The van der Waals surface area contributed by atoms with Crippen molar-refractivity contribution in [1.29, 1.82) is 0 Å². The molecule has 29 heavy (non-hydrogen) atoms. The first-order chi connectivity index (χ1) is 13.9. The number of amides is 1. The third kappa shape index (κ3) is 4.02. The minimum atomic E-state index is -0.489. The van der Waals surface area contributed by atoms with Crippen molar-refractivity contribution in [1.82, 2.24) is 20.6 Å². The van der Waals surface area contributed by atoms with E-state index < -0.39 is 11.7 Å². The fourth-order valence-corrected chi connectivity index (χ4v) is 4.81. The van der Waals surface area contributed by atoms with Gasteiger partial charge in [-0.3, -0.25) is 10.1 Å². The number of hydrogen-bond acceptors (Lipinski definition) is 7. The van der Waals surface area contributed by atoms with Crippen LogP contribution >= 0.6 is 11.3 Å². The molecular weight excluding hydrogens is 397 g/mol. The van der Waals surface area contributed by atoms with Gasteiger partial charge in [-0.05, 0) is 48.4 Å². The van der Waals surface area contributed by atoms with Crippen molar-refractivity contribution in [2.45, 2.75) is 45.6 Å². The van der Waals surface area contributed by atoms with Crippen molar-refractivity contribution in [3.8, 4) is 11.5 Å². The number of rotatable bonds is 5. The van der Waals surface area contributed by atoms with Gasteiger partial charge in [0.25, 0.3) is 11.9 Å². The smallest absolute Gasteiger partial charge is 0.272 e. The summed E-state index contributed by atoms with van der Waals surface area (Å²) >= 11 is 1.16. The summed E-state index contributed by atoms with van der Waals surface area (Å²) in [5.74, 6) is -0.323. The highest BCUT2D eigenvalue weighted by Gasteiger charge is 2.31. The van der Waals surface area contributed by atoms with Crippen LogP contribution in [0.25, 0.3) is 10.1 Å². The van der Waals surface area contributed by atoms with E-state index in [1.165, 1.54) is 13.2 Å². The van der Waals surface area contributed by atoms with Gasteiger partial charge >= 0.3 is 0 Å². The Hall–Kier alpha value is -2.75. The van der Waals surface area contributed by atoms with Gasteiger partial charge in [0.05, 0.1) is 13.2 Å². The van der Waals surface area contributed by atoms with Crippen molar-refractivity contribution < 1.29 is 18.7 Å². The molecule has 0 bridgehead atoms. The lowest BCUT2D eigenvalue weighted by atomic mass is 9.76. The number of benzene rings is 1. The van der Waals surface area contributed by atoms with Gasteiger partial charge in [-0.1, -0.05) is 18.9 Å². The second-order valence-corrected chi connectivity index (χ2v) is 8.99. The second-order valence-electron chi connectivity index (χ2n) is 7.93. The average Bonchev–Trinajstić information content (AvgIpc) is 3.28. The van der Waals surface area contributed by atoms with Crippen molar-refractivity contribution in [3.63, 3.8) is 0 Å². The molecule has 2 N–H and O–H groups in total. The van der Waals surface area contributed by atoms with Crippen LogP contribution in [-0.2, 0) is 0 Å². The zero-order chi connectivity index (χ0) is 20.6. The van der Waals surface area contributed by atoms with Crippen LogP contribution in [0.3, 0.4) is 0 Å². The maximum atomic E-state index is 14.2. The number of nitrogens with one attached hydrogen (secondary N) is 2. The van der Waals surface area contributed by atoms with E-state index >= 15 is 0 Å². The van der Waals surface area contributed by atoms with Gasteiger partial charge < -0.3 is 9.47 Å². The normalized spacial score (nSPS) is 18.6. The van der Waals surface area contributed by atoms with Crippen LogP contribution in [-0.4, -0.2) is 39.7 Å². The maximum Gasteiger partial charge on any atom is 0.272 e. The molecule has 1 aliphatic carbocycles. The molecule has 0 aliphatic heterocycles. The number of carbonyl (C=O) groups excluding carboxylic acids is 1. The summed E-state index contributed by atoms with van der Waals surface area (Å²) in [5, 5.41) is 16.4. The summed E-state index contributed by atoms with van der Waals surface area (Å²) in [5.41, 5.74) is 0.172. The van der Waals surface area contributed by atoms with Crippen LogP contribution in [0, 0.1) is 11.2 Å². The summed E-state index contributed by atoms with van der Waals surface area (Å²) in [7, 11) is 1.41. The molecule has 8 nitrogen and oxygen atoms in total. The van der Waals surface area contributed by atoms with Crippen LogP contribution in [0.4, 0.5) is 10.3 Å². The minimum Gasteiger partial charge on any atom is -0.494 e. The Kier molecular flexibility index (Phi) is 5.12. The number of hydrogen-bond donors (Lipinski definition) is 2. The first-order valence-electron chi connectivity index (χ1n) is 9.38. The highest BCUT2D eigenvalue weighted by molar-refractivity contribution is 7.21. The third-order valence-corrected chi connectivity index (χ3v) is 6.27. The van der Waals surface area contributed by atoms with E-state index in [4.69, 9.17) is 9.47 Å². The highest BCUT2D eigenvalue weighted by Crippen LogP contribution is 2.44. The Morgan fingerprint density at radius 3 is 2.93 bits per heavy atom. The molecule has 0 radical (unpaired) electrons. The molecular formula is C19H22FN5O3S. The average molecular weight is 419 g/mol. The fourth-order valence-electron chi connectivity index (χ4n) is 3.77. The predicted molar refractivity (Wildman–Crippen MR) is 107 cm³/mol. The van der Waals surface area contributed by atoms with Crippen LogP contribution < -0.4 is 14.8 Å². The number of H-pyrrole nitrogens is 1. The number of aromatic nitrogens is 4. The number of thiophene rings is 1. The number of tetrazole rings is 1. The zero-order valence-corrected chi connectivity index (χ0v) is 17.2. The van der Waals surface area contributed by atoms with Crippen molar-refractivity contribution in [2.75, 3.05) is 12.4 Å². The first-order valence-corrected chi connectivity index (χ1v) is 10.2. The van der Waals surface area contributed by atoms with Crippen LogP contribution in [0.5, 0.6) is 11.5 Å². The molecule has 1 unspecified atom stereocenters. The number of nitrogens with zero attached hydrogens (tertiary/aromatic N) is 3. The van der Waals surface area contributed by atoms with E-state index in [1.807, 2.05) is 0 Å². The SMILES string of the molecule is COc1cc2c(OC3CCCC(C)(C)C3)c(C(=O)Nc3nn[nH]n3)sc2cc1F. The van der Waals surface area contributed by atoms with Crippen molar-refractivity contribution >= 4 is 33.3 Å². The van der Waals surface area contributed by atoms with Gasteiger partial charge in [0.2, 0.25) is 0 Å². The van der Waals surface area contributed by atoms with E-state index in [9.17, 15) is 9.18 Å². The molecule has 1 aliphatic rings.